The molecule has 1 heterocycles. The molecule has 1 N–H and O–H groups in total. The van der Waals surface area contributed by atoms with Crippen LogP contribution >= 0.6 is 0 Å². The van der Waals surface area contributed by atoms with E-state index < -0.39 is 30.2 Å². The Kier molecular flexibility index (Phi) is 7.07. The number of rotatable bonds is 7. The van der Waals surface area contributed by atoms with Gasteiger partial charge >= 0.3 is 18.0 Å². The van der Waals surface area contributed by atoms with Gasteiger partial charge in [-0.3, -0.25) is 4.90 Å². The van der Waals surface area contributed by atoms with Crippen molar-refractivity contribution in [2.45, 2.75) is 39.5 Å². The summed E-state index contributed by atoms with van der Waals surface area (Å²) in [6.45, 7) is 5.37. The lowest BCUT2D eigenvalue weighted by Gasteiger charge is -2.38. The van der Waals surface area contributed by atoms with Crippen molar-refractivity contribution in [2.75, 3.05) is 6.61 Å². The lowest BCUT2D eigenvalue weighted by atomic mass is 9.93. The van der Waals surface area contributed by atoms with Gasteiger partial charge in [-0.2, -0.15) is 0 Å². The van der Waals surface area contributed by atoms with Crippen molar-refractivity contribution in [1.29, 1.82) is 0 Å². The molecule has 0 radical (unpaired) electrons. The van der Waals surface area contributed by atoms with Crippen LogP contribution in [0.4, 0.5) is 4.79 Å². The summed E-state index contributed by atoms with van der Waals surface area (Å²) in [6, 6.07) is 16.6. The zero-order chi connectivity index (χ0) is 22.4. The van der Waals surface area contributed by atoms with Crippen LogP contribution in [-0.4, -0.2) is 35.7 Å². The molecule has 31 heavy (non-hydrogen) atoms. The first-order valence-electron chi connectivity index (χ1n) is 10.3. The highest BCUT2D eigenvalue weighted by atomic mass is 16.6. The summed E-state index contributed by atoms with van der Waals surface area (Å²) in [4.78, 5) is 39.8. The van der Waals surface area contributed by atoms with Crippen molar-refractivity contribution in [3.63, 3.8) is 0 Å². The maximum Gasteiger partial charge on any atom is 0.340 e. The number of esters is 2. The minimum absolute atomic E-state index is 0.202. The number of allylic oxidation sites excluding steroid dienone is 1. The van der Waals surface area contributed by atoms with E-state index in [0.29, 0.717) is 23.3 Å². The van der Waals surface area contributed by atoms with Gasteiger partial charge in [-0.15, -0.1) is 0 Å². The lowest BCUT2D eigenvalue weighted by molar-refractivity contribution is -0.139. The van der Waals surface area contributed by atoms with Crippen molar-refractivity contribution in [2.24, 2.45) is 0 Å². The molecule has 2 unspecified atom stereocenters. The first kappa shape index (κ1) is 22.1. The first-order chi connectivity index (χ1) is 15.0. The van der Waals surface area contributed by atoms with Crippen molar-refractivity contribution in [1.82, 2.24) is 10.2 Å². The smallest absolute Gasteiger partial charge is 0.340 e. The number of amides is 2. The van der Waals surface area contributed by atoms with E-state index in [1.807, 2.05) is 37.3 Å². The second-order valence-electron chi connectivity index (χ2n) is 6.97. The molecular weight excluding hydrogens is 396 g/mol. The number of hydrogen-bond acceptors (Lipinski definition) is 5. The molecule has 2 aromatic carbocycles. The molecule has 2 amide bonds. The molecule has 0 fully saturated rings. The highest BCUT2D eigenvalue weighted by molar-refractivity contribution is 5.95. The Hall–Kier alpha value is -3.61. The fourth-order valence-electron chi connectivity index (χ4n) is 3.62. The van der Waals surface area contributed by atoms with Crippen LogP contribution in [0.1, 0.15) is 49.2 Å². The third kappa shape index (κ3) is 4.77. The quantitative estimate of drug-likeness (QED) is 0.677. The van der Waals surface area contributed by atoms with E-state index in [0.717, 1.165) is 5.56 Å². The second-order valence-corrected chi connectivity index (χ2v) is 6.97. The predicted octanol–water partition coefficient (Wildman–Crippen LogP) is 4.18. The van der Waals surface area contributed by atoms with Crippen LogP contribution in [0, 0.1) is 0 Å². The molecule has 3 rings (SSSR count). The van der Waals surface area contributed by atoms with E-state index in [1.54, 1.807) is 44.2 Å². The first-order valence-corrected chi connectivity index (χ1v) is 10.3. The average Bonchev–Trinajstić information content (AvgIpc) is 2.79. The third-order valence-corrected chi connectivity index (χ3v) is 4.99. The third-order valence-electron chi connectivity index (χ3n) is 4.99. The summed E-state index contributed by atoms with van der Waals surface area (Å²) in [6.07, 6.45) is -0.554. The normalized spacial score (nSPS) is 17.1. The SMILES string of the molecule is CCOC(=O)C1=C(CC)N(C(C)OC(=O)c2ccccc2)C(=O)NC1c1ccccc1. The monoisotopic (exact) mass is 422 g/mol. The Morgan fingerprint density at radius 2 is 1.61 bits per heavy atom. The molecule has 0 aliphatic carbocycles. The van der Waals surface area contributed by atoms with E-state index >= 15 is 0 Å². The minimum Gasteiger partial charge on any atom is -0.463 e. The summed E-state index contributed by atoms with van der Waals surface area (Å²) < 4.78 is 10.8. The molecule has 0 aromatic heterocycles. The van der Waals surface area contributed by atoms with Gasteiger partial charge in [-0.25, -0.2) is 14.4 Å². The summed E-state index contributed by atoms with van der Waals surface area (Å²) in [5, 5.41) is 2.87. The molecule has 7 heteroatoms. The van der Waals surface area contributed by atoms with Crippen LogP contribution in [0.3, 0.4) is 0 Å². The molecule has 2 aromatic rings. The maximum atomic E-state index is 13.1. The Bertz CT molecular complexity index is 972. The average molecular weight is 422 g/mol. The Morgan fingerprint density at radius 3 is 2.19 bits per heavy atom. The maximum absolute atomic E-state index is 13.1. The van der Waals surface area contributed by atoms with Crippen molar-refractivity contribution < 1.29 is 23.9 Å². The number of carbonyl (C=O) groups excluding carboxylic acids is 3. The molecule has 7 nitrogen and oxygen atoms in total. The van der Waals surface area contributed by atoms with Crippen LogP contribution < -0.4 is 5.32 Å². The molecule has 1 aliphatic heterocycles. The molecule has 2 atom stereocenters. The molecule has 162 valence electrons. The minimum atomic E-state index is -0.927. The Balaban J connectivity index is 1.99. The predicted molar refractivity (Wildman–Crippen MR) is 115 cm³/mol. The molecule has 1 aliphatic rings. The number of urea groups is 1. The zero-order valence-corrected chi connectivity index (χ0v) is 17.8. The lowest BCUT2D eigenvalue weighted by Crippen LogP contribution is -2.52. The van der Waals surface area contributed by atoms with Crippen LogP contribution in [0.5, 0.6) is 0 Å². The molecule has 0 bridgehead atoms. The number of ether oxygens (including phenoxy) is 2. The number of benzene rings is 2. The van der Waals surface area contributed by atoms with Gasteiger partial charge in [0.1, 0.15) is 0 Å². The molecule has 0 saturated carbocycles. The van der Waals surface area contributed by atoms with Gasteiger partial charge in [-0.05, 0) is 38.0 Å². The van der Waals surface area contributed by atoms with Gasteiger partial charge in [0, 0.05) is 5.70 Å². The van der Waals surface area contributed by atoms with Gasteiger partial charge in [0.15, 0.2) is 6.23 Å². The fourth-order valence-corrected chi connectivity index (χ4v) is 3.62. The van der Waals surface area contributed by atoms with Crippen molar-refractivity contribution in [3.05, 3.63) is 83.1 Å². The molecule has 0 spiro atoms. The summed E-state index contributed by atoms with van der Waals surface area (Å²) in [5.41, 5.74) is 1.93. The van der Waals surface area contributed by atoms with Crippen molar-refractivity contribution >= 4 is 18.0 Å². The Morgan fingerprint density at radius 1 is 1.00 bits per heavy atom. The van der Waals surface area contributed by atoms with Crippen LogP contribution in [0.2, 0.25) is 0 Å². The van der Waals surface area contributed by atoms with Crippen LogP contribution in [-0.2, 0) is 14.3 Å². The van der Waals surface area contributed by atoms with Gasteiger partial charge in [0.2, 0.25) is 0 Å². The summed E-state index contributed by atoms with van der Waals surface area (Å²) in [7, 11) is 0. The van der Waals surface area contributed by atoms with E-state index in [-0.39, 0.29) is 6.61 Å². The number of nitrogens with zero attached hydrogens (tertiary/aromatic N) is 1. The zero-order valence-electron chi connectivity index (χ0n) is 17.8. The topological polar surface area (TPSA) is 84.9 Å². The van der Waals surface area contributed by atoms with E-state index in [9.17, 15) is 14.4 Å². The standard InChI is InChI=1S/C24H26N2O5/c1-4-19-20(23(28)30-5-2)21(17-12-8-6-9-13-17)25-24(29)26(19)16(3)31-22(27)18-14-10-7-11-15-18/h6-16,21H,4-5H2,1-3H3,(H,25,29). The van der Waals surface area contributed by atoms with E-state index in [2.05, 4.69) is 5.32 Å². The molecule has 0 saturated heterocycles. The summed E-state index contributed by atoms with van der Waals surface area (Å²) in [5.74, 6) is -1.07. The fraction of sp³-hybridized carbons (Fsp3) is 0.292. The second kappa shape index (κ2) is 9.93. The van der Waals surface area contributed by atoms with E-state index in [4.69, 9.17) is 9.47 Å². The number of nitrogens with one attached hydrogen (secondary N) is 1. The summed E-state index contributed by atoms with van der Waals surface area (Å²) >= 11 is 0. The Labute approximate surface area is 181 Å². The van der Waals surface area contributed by atoms with Crippen LogP contribution in [0.15, 0.2) is 71.9 Å². The largest absolute Gasteiger partial charge is 0.463 e. The number of hydrogen-bond donors (Lipinski definition) is 1. The van der Waals surface area contributed by atoms with Gasteiger partial charge in [0.25, 0.3) is 0 Å². The van der Waals surface area contributed by atoms with Gasteiger partial charge < -0.3 is 14.8 Å². The highest BCUT2D eigenvalue weighted by Gasteiger charge is 2.40. The highest BCUT2D eigenvalue weighted by Crippen LogP contribution is 2.34. The van der Waals surface area contributed by atoms with Gasteiger partial charge in [-0.1, -0.05) is 55.5 Å². The molecular formula is C24H26N2O5. The van der Waals surface area contributed by atoms with E-state index in [1.165, 1.54) is 4.90 Å². The van der Waals surface area contributed by atoms with Gasteiger partial charge in [0.05, 0.1) is 23.8 Å². The van der Waals surface area contributed by atoms with Crippen molar-refractivity contribution in [3.8, 4) is 0 Å². The number of carbonyl (C=O) groups is 3. The van der Waals surface area contributed by atoms with Crippen LogP contribution in [0.25, 0.3) is 0 Å².